The molecule has 0 atom stereocenters. The van der Waals surface area contributed by atoms with Crippen LogP contribution in [-0.2, 0) is 17.6 Å². The van der Waals surface area contributed by atoms with E-state index in [9.17, 15) is 10.1 Å². The third kappa shape index (κ3) is 5.69. The van der Waals surface area contributed by atoms with Gasteiger partial charge in [0.1, 0.15) is 16.9 Å². The lowest BCUT2D eigenvalue weighted by Crippen LogP contribution is -2.13. The van der Waals surface area contributed by atoms with Crippen LogP contribution in [0.2, 0.25) is 5.02 Å². The topological polar surface area (TPSA) is 78.7 Å². The van der Waals surface area contributed by atoms with Gasteiger partial charge >= 0.3 is 0 Å². The van der Waals surface area contributed by atoms with E-state index in [1.54, 1.807) is 12.1 Å². The van der Waals surface area contributed by atoms with Gasteiger partial charge in [-0.3, -0.25) is 4.79 Å². The van der Waals surface area contributed by atoms with Gasteiger partial charge in [-0.15, -0.1) is 11.8 Å². The summed E-state index contributed by atoms with van der Waals surface area (Å²) in [6.45, 7) is 0. The summed E-state index contributed by atoms with van der Waals surface area (Å²) in [4.78, 5) is 20.9. The quantitative estimate of drug-likeness (QED) is 0.730. The molecule has 0 spiro atoms. The van der Waals surface area contributed by atoms with Crippen LogP contribution in [0.25, 0.3) is 0 Å². The summed E-state index contributed by atoms with van der Waals surface area (Å²) >= 11 is 7.25. The van der Waals surface area contributed by atoms with E-state index >= 15 is 0 Å². The fourth-order valence-corrected chi connectivity index (χ4v) is 4.08. The highest BCUT2D eigenvalue weighted by Crippen LogP contribution is 2.27. The number of rotatable bonds is 5. The van der Waals surface area contributed by atoms with Crippen LogP contribution in [0.3, 0.4) is 0 Å². The molecular weight excluding hydrogens is 380 g/mol. The zero-order valence-corrected chi connectivity index (χ0v) is 16.6. The number of aromatic nitrogens is 2. The second kappa shape index (κ2) is 9.72. The molecule has 2 aromatic heterocycles. The van der Waals surface area contributed by atoms with Crippen LogP contribution >= 0.6 is 23.4 Å². The molecule has 0 bridgehead atoms. The predicted molar refractivity (Wildman–Crippen MR) is 108 cm³/mol. The molecule has 27 heavy (non-hydrogen) atoms. The second-order valence-electron chi connectivity index (χ2n) is 6.48. The summed E-state index contributed by atoms with van der Waals surface area (Å²) in [6.07, 6.45) is 8.57. The number of fused-ring (bicyclic) bond motifs is 1. The molecule has 0 saturated heterocycles. The molecule has 1 aliphatic carbocycles. The number of carbonyl (C=O) groups is 1. The number of aryl methyl sites for hydroxylation is 2. The van der Waals surface area contributed by atoms with Gasteiger partial charge < -0.3 is 5.32 Å². The van der Waals surface area contributed by atoms with Crippen molar-refractivity contribution in [2.75, 3.05) is 11.1 Å². The minimum atomic E-state index is -0.123. The number of carbonyl (C=O) groups excluding carboxylic acids is 1. The fourth-order valence-electron chi connectivity index (χ4n) is 3.05. The van der Waals surface area contributed by atoms with Crippen LogP contribution < -0.4 is 5.32 Å². The van der Waals surface area contributed by atoms with Crippen LogP contribution in [0.1, 0.15) is 48.9 Å². The van der Waals surface area contributed by atoms with Gasteiger partial charge in [0, 0.05) is 24.1 Å². The zero-order chi connectivity index (χ0) is 19.1. The highest BCUT2D eigenvalue weighted by molar-refractivity contribution is 7.99. The maximum absolute atomic E-state index is 12.1. The molecule has 0 unspecified atom stereocenters. The van der Waals surface area contributed by atoms with Crippen molar-refractivity contribution in [2.24, 2.45) is 0 Å². The van der Waals surface area contributed by atoms with Gasteiger partial charge in [-0.1, -0.05) is 24.4 Å². The molecule has 7 heteroatoms. The number of nitrogens with one attached hydrogen (secondary N) is 1. The van der Waals surface area contributed by atoms with Crippen LogP contribution in [0.5, 0.6) is 0 Å². The first-order valence-corrected chi connectivity index (χ1v) is 10.5. The molecule has 0 fully saturated rings. The Bertz CT molecular complexity index is 848. The molecule has 0 saturated carbocycles. The SMILES string of the molecule is N#Cc1cc2c(nc1SCCC(=O)Nc1ccc(Cl)cn1)CCCCCC2. The first-order valence-electron chi connectivity index (χ1n) is 9.13. The number of amides is 1. The zero-order valence-electron chi connectivity index (χ0n) is 15.0. The number of halogens is 1. The smallest absolute Gasteiger partial charge is 0.226 e. The molecule has 2 heterocycles. The molecule has 3 rings (SSSR count). The number of hydrogen-bond donors (Lipinski definition) is 1. The third-order valence-electron chi connectivity index (χ3n) is 4.45. The Labute approximate surface area is 168 Å². The molecule has 1 N–H and O–H groups in total. The van der Waals surface area contributed by atoms with E-state index in [0.29, 0.717) is 28.6 Å². The Morgan fingerprint density at radius 3 is 2.81 bits per heavy atom. The van der Waals surface area contributed by atoms with Crippen molar-refractivity contribution >= 4 is 35.1 Å². The number of nitriles is 1. The molecule has 5 nitrogen and oxygen atoms in total. The van der Waals surface area contributed by atoms with Crippen LogP contribution in [0, 0.1) is 11.3 Å². The van der Waals surface area contributed by atoms with Crippen molar-refractivity contribution in [3.8, 4) is 6.07 Å². The molecular formula is C20H21ClN4OS. The lowest BCUT2D eigenvalue weighted by molar-refractivity contribution is -0.115. The average Bonchev–Trinajstić information content (AvgIpc) is 2.64. The summed E-state index contributed by atoms with van der Waals surface area (Å²) in [5, 5.41) is 13.5. The Morgan fingerprint density at radius 1 is 1.26 bits per heavy atom. The number of anilines is 1. The highest BCUT2D eigenvalue weighted by atomic mass is 35.5. The van der Waals surface area contributed by atoms with Gasteiger partial charge in [0.25, 0.3) is 0 Å². The summed E-state index contributed by atoms with van der Waals surface area (Å²) < 4.78 is 0. The van der Waals surface area contributed by atoms with Gasteiger partial charge in [0.05, 0.1) is 10.6 Å². The molecule has 0 aromatic carbocycles. The van der Waals surface area contributed by atoms with E-state index < -0.39 is 0 Å². The summed E-state index contributed by atoms with van der Waals surface area (Å²) in [5.41, 5.74) is 2.94. The molecule has 1 amide bonds. The van der Waals surface area contributed by atoms with E-state index in [-0.39, 0.29) is 5.91 Å². The molecule has 1 aliphatic rings. The summed E-state index contributed by atoms with van der Waals surface area (Å²) in [7, 11) is 0. The largest absolute Gasteiger partial charge is 0.311 e. The highest BCUT2D eigenvalue weighted by Gasteiger charge is 2.14. The first kappa shape index (κ1) is 19.7. The van der Waals surface area contributed by atoms with Crippen molar-refractivity contribution in [2.45, 2.75) is 50.0 Å². The Balaban J connectivity index is 1.59. The Kier molecular flexibility index (Phi) is 7.08. The normalized spacial score (nSPS) is 13.8. The van der Waals surface area contributed by atoms with Gasteiger partial charge in [0.2, 0.25) is 5.91 Å². The summed E-state index contributed by atoms with van der Waals surface area (Å²) in [5.74, 6) is 0.910. The molecule has 0 radical (unpaired) electrons. The van der Waals surface area contributed by atoms with E-state index in [1.807, 2.05) is 6.07 Å². The second-order valence-corrected chi connectivity index (χ2v) is 8.00. The summed E-state index contributed by atoms with van der Waals surface area (Å²) in [6, 6.07) is 7.60. The van der Waals surface area contributed by atoms with Gasteiger partial charge in [-0.05, 0) is 49.4 Å². The van der Waals surface area contributed by atoms with E-state index in [4.69, 9.17) is 16.6 Å². The van der Waals surface area contributed by atoms with Crippen molar-refractivity contribution in [1.29, 1.82) is 5.26 Å². The monoisotopic (exact) mass is 400 g/mol. The minimum Gasteiger partial charge on any atom is -0.311 e. The molecule has 2 aromatic rings. The van der Waals surface area contributed by atoms with E-state index in [2.05, 4.69) is 16.4 Å². The van der Waals surface area contributed by atoms with Gasteiger partial charge in [0.15, 0.2) is 0 Å². The van der Waals surface area contributed by atoms with E-state index in [0.717, 1.165) is 36.4 Å². The number of nitrogens with zero attached hydrogens (tertiary/aromatic N) is 3. The Hall–Kier alpha value is -2.10. The standard InChI is InChI=1S/C20H21ClN4OS/c21-16-7-8-18(23-13-16)25-19(26)9-10-27-20-15(12-22)11-14-5-3-1-2-4-6-17(14)24-20/h7-8,11,13H,1-6,9-10H2,(H,23,25,26). The minimum absolute atomic E-state index is 0.123. The third-order valence-corrected chi connectivity index (χ3v) is 5.67. The van der Waals surface area contributed by atoms with Crippen molar-refractivity contribution in [1.82, 2.24) is 9.97 Å². The molecule has 0 aliphatic heterocycles. The average molecular weight is 401 g/mol. The van der Waals surface area contributed by atoms with Crippen LogP contribution in [-0.4, -0.2) is 21.6 Å². The van der Waals surface area contributed by atoms with E-state index in [1.165, 1.54) is 36.4 Å². The first-order chi connectivity index (χ1) is 13.2. The van der Waals surface area contributed by atoms with Crippen molar-refractivity contribution < 1.29 is 4.79 Å². The Morgan fingerprint density at radius 2 is 2.07 bits per heavy atom. The van der Waals surface area contributed by atoms with Crippen LogP contribution in [0.15, 0.2) is 29.4 Å². The maximum atomic E-state index is 12.1. The van der Waals surface area contributed by atoms with Crippen molar-refractivity contribution in [3.63, 3.8) is 0 Å². The lowest BCUT2D eigenvalue weighted by atomic mass is 9.96. The predicted octanol–water partition coefficient (Wildman–Crippen LogP) is 4.78. The van der Waals surface area contributed by atoms with Gasteiger partial charge in [-0.2, -0.15) is 5.26 Å². The number of hydrogen-bond acceptors (Lipinski definition) is 5. The van der Waals surface area contributed by atoms with Gasteiger partial charge in [-0.25, -0.2) is 9.97 Å². The van der Waals surface area contributed by atoms with Crippen LogP contribution in [0.4, 0.5) is 5.82 Å². The fraction of sp³-hybridized carbons (Fsp3) is 0.400. The maximum Gasteiger partial charge on any atom is 0.226 e. The number of pyridine rings is 2. The van der Waals surface area contributed by atoms with Crippen molar-refractivity contribution in [3.05, 3.63) is 46.2 Å². The number of thioether (sulfide) groups is 1. The molecule has 140 valence electrons. The lowest BCUT2D eigenvalue weighted by Gasteiger charge is -2.15.